The van der Waals surface area contributed by atoms with Crippen LogP contribution in [0.1, 0.15) is 45.4 Å². The Hall–Kier alpha value is -1.37. The topological polar surface area (TPSA) is 18.5 Å². The molecule has 2 nitrogen and oxygen atoms in total. The fraction of sp³-hybridized carbons (Fsp3) is 0.400. The van der Waals surface area contributed by atoms with Gasteiger partial charge in [-0.2, -0.15) is 0 Å². The predicted molar refractivity (Wildman–Crippen MR) is 98.4 cm³/mol. The van der Waals surface area contributed by atoms with E-state index in [-0.39, 0.29) is 0 Å². The molecule has 0 fully saturated rings. The highest BCUT2D eigenvalue weighted by Crippen LogP contribution is 2.49. The van der Waals surface area contributed by atoms with E-state index in [2.05, 4.69) is 43.3 Å². The minimum Gasteiger partial charge on any atom is -0.443 e. The second-order valence-corrected chi connectivity index (χ2v) is 7.40. The Morgan fingerprint density at radius 2 is 1.52 bits per heavy atom. The molecule has 23 heavy (non-hydrogen) atoms. The van der Waals surface area contributed by atoms with Gasteiger partial charge in [0.15, 0.2) is 0 Å². The van der Waals surface area contributed by atoms with Crippen LogP contribution < -0.4 is 9.83 Å². The first-order chi connectivity index (χ1) is 11.4. The van der Waals surface area contributed by atoms with Crippen molar-refractivity contribution in [2.24, 2.45) is 0 Å². The number of hydrogen-bond acceptors (Lipinski definition) is 2. The fourth-order valence-electron chi connectivity index (χ4n) is 2.89. The third-order valence-corrected chi connectivity index (χ3v) is 5.73. The Bertz CT molecular complexity index is 627. The summed E-state index contributed by atoms with van der Waals surface area (Å²) in [4.78, 5) is 0. The molecule has 0 amide bonds. The van der Waals surface area contributed by atoms with Crippen molar-refractivity contribution in [2.75, 3.05) is 6.61 Å². The van der Waals surface area contributed by atoms with Gasteiger partial charge in [-0.3, -0.25) is 0 Å². The summed E-state index contributed by atoms with van der Waals surface area (Å²) < 4.78 is 12.3. The summed E-state index contributed by atoms with van der Waals surface area (Å²) in [5.41, 5.74) is 2.42. The Kier molecular flexibility index (Phi) is 6.07. The number of rotatable bonds is 8. The summed E-state index contributed by atoms with van der Waals surface area (Å²) in [7, 11) is -1.00. The van der Waals surface area contributed by atoms with Crippen molar-refractivity contribution in [2.45, 2.75) is 45.4 Å². The summed E-state index contributed by atoms with van der Waals surface area (Å²) in [6.45, 7) is 3.04. The van der Waals surface area contributed by atoms with E-state index < -0.39 is 8.38 Å². The number of benzene rings is 2. The van der Waals surface area contributed by atoms with Gasteiger partial charge in [0.05, 0.1) is 11.9 Å². The third-order valence-electron chi connectivity index (χ3n) is 4.17. The molecule has 1 aliphatic heterocycles. The van der Waals surface area contributed by atoms with Crippen molar-refractivity contribution in [1.29, 1.82) is 0 Å². The van der Waals surface area contributed by atoms with E-state index in [4.69, 9.17) is 9.05 Å². The monoisotopic (exact) mass is 328 g/mol. The lowest BCUT2D eigenvalue weighted by Crippen LogP contribution is -2.16. The molecule has 0 radical (unpaired) electrons. The molecule has 0 saturated carbocycles. The lowest BCUT2D eigenvalue weighted by Gasteiger charge is -2.27. The fourth-order valence-corrected chi connectivity index (χ4v) is 4.42. The number of fused-ring (bicyclic) bond motifs is 3. The maximum atomic E-state index is 6.15. The normalized spacial score (nSPS) is 15.6. The number of para-hydroxylation sites is 1. The van der Waals surface area contributed by atoms with Crippen molar-refractivity contribution in [1.82, 2.24) is 0 Å². The van der Waals surface area contributed by atoms with Gasteiger partial charge >= 0.3 is 0 Å². The zero-order valence-electron chi connectivity index (χ0n) is 13.8. The summed E-state index contributed by atoms with van der Waals surface area (Å²) >= 11 is 0. The minimum absolute atomic E-state index is 0.786. The Labute approximate surface area is 140 Å². The van der Waals surface area contributed by atoms with E-state index in [0.29, 0.717) is 0 Å². The van der Waals surface area contributed by atoms with Crippen LogP contribution in [0, 0.1) is 0 Å². The van der Waals surface area contributed by atoms with E-state index >= 15 is 0 Å². The average Bonchev–Trinajstić information content (AvgIpc) is 2.61. The van der Waals surface area contributed by atoms with Gasteiger partial charge in [0.1, 0.15) is 5.75 Å². The molecule has 1 heterocycles. The third kappa shape index (κ3) is 4.13. The highest BCUT2D eigenvalue weighted by Gasteiger charge is 2.27. The Morgan fingerprint density at radius 3 is 2.39 bits per heavy atom. The molecule has 0 aliphatic carbocycles. The second-order valence-electron chi connectivity index (χ2n) is 5.96. The first-order valence-electron chi connectivity index (χ1n) is 8.69. The van der Waals surface area contributed by atoms with E-state index in [1.54, 1.807) is 0 Å². The zero-order chi connectivity index (χ0) is 15.9. The number of unbranched alkanes of at least 4 members (excludes halogenated alkanes) is 5. The number of hydrogen-bond donors (Lipinski definition) is 0. The molecular formula is C20H25O2P. The first-order valence-corrected chi connectivity index (χ1v) is 9.87. The predicted octanol–water partition coefficient (Wildman–Crippen LogP) is 6.06. The summed E-state index contributed by atoms with van der Waals surface area (Å²) in [6.07, 6.45) is 7.68. The molecule has 2 aromatic rings. The molecule has 0 saturated heterocycles. The lowest BCUT2D eigenvalue weighted by molar-refractivity contribution is 0.307. The van der Waals surface area contributed by atoms with Crippen molar-refractivity contribution < 1.29 is 9.05 Å². The van der Waals surface area contributed by atoms with E-state index in [1.807, 2.05) is 12.1 Å². The molecule has 1 aliphatic rings. The van der Waals surface area contributed by atoms with Crippen LogP contribution in [0.2, 0.25) is 0 Å². The maximum absolute atomic E-state index is 6.15. The van der Waals surface area contributed by atoms with Gasteiger partial charge in [-0.15, -0.1) is 0 Å². The molecule has 1 atom stereocenters. The summed E-state index contributed by atoms with van der Waals surface area (Å²) in [6, 6.07) is 16.7. The van der Waals surface area contributed by atoms with Crippen molar-refractivity contribution in [3.05, 3.63) is 48.5 Å². The van der Waals surface area contributed by atoms with Gasteiger partial charge in [-0.1, -0.05) is 75.4 Å². The van der Waals surface area contributed by atoms with Gasteiger partial charge in [0, 0.05) is 5.56 Å². The summed E-state index contributed by atoms with van der Waals surface area (Å²) in [5.74, 6) is 0.945. The molecule has 0 bridgehead atoms. The van der Waals surface area contributed by atoms with Gasteiger partial charge in [-0.05, 0) is 24.1 Å². The molecule has 0 spiro atoms. The molecule has 2 aromatic carbocycles. The Balaban J connectivity index is 1.59. The van der Waals surface area contributed by atoms with Crippen LogP contribution in [0.4, 0.5) is 0 Å². The van der Waals surface area contributed by atoms with Crippen molar-refractivity contribution in [3.8, 4) is 16.9 Å². The molecule has 0 N–H and O–H groups in total. The minimum atomic E-state index is -1.00. The van der Waals surface area contributed by atoms with E-state index in [9.17, 15) is 0 Å². The lowest BCUT2D eigenvalue weighted by atomic mass is 10.0. The van der Waals surface area contributed by atoms with Gasteiger partial charge in [0.2, 0.25) is 0 Å². The molecule has 122 valence electrons. The van der Waals surface area contributed by atoms with Crippen molar-refractivity contribution >= 4 is 13.7 Å². The van der Waals surface area contributed by atoms with Crippen LogP contribution in [0.5, 0.6) is 5.75 Å². The molecule has 0 aromatic heterocycles. The van der Waals surface area contributed by atoms with Gasteiger partial charge in [-0.25, -0.2) is 0 Å². The van der Waals surface area contributed by atoms with E-state index in [1.165, 1.54) is 48.5 Å². The van der Waals surface area contributed by atoms with Crippen LogP contribution in [0.25, 0.3) is 11.1 Å². The quantitative estimate of drug-likeness (QED) is 0.433. The Morgan fingerprint density at radius 1 is 0.826 bits per heavy atom. The zero-order valence-corrected chi connectivity index (χ0v) is 14.7. The highest BCUT2D eigenvalue weighted by atomic mass is 31.2. The van der Waals surface area contributed by atoms with Crippen LogP contribution >= 0.6 is 8.38 Å². The van der Waals surface area contributed by atoms with Crippen LogP contribution in [0.3, 0.4) is 0 Å². The molecule has 3 heteroatoms. The maximum Gasteiger partial charge on any atom is 0.265 e. The largest absolute Gasteiger partial charge is 0.443 e. The van der Waals surface area contributed by atoms with Crippen LogP contribution in [-0.2, 0) is 4.52 Å². The SMILES string of the molecule is CCCCCCCCOP1Oc2ccccc2-c2ccccc21. The van der Waals surface area contributed by atoms with E-state index in [0.717, 1.165) is 18.8 Å². The van der Waals surface area contributed by atoms with Gasteiger partial charge in [0.25, 0.3) is 8.38 Å². The molecule has 3 rings (SSSR count). The van der Waals surface area contributed by atoms with Crippen LogP contribution in [-0.4, -0.2) is 6.61 Å². The van der Waals surface area contributed by atoms with Crippen LogP contribution in [0.15, 0.2) is 48.5 Å². The average molecular weight is 328 g/mol. The second kappa shape index (κ2) is 8.47. The first kappa shape index (κ1) is 16.5. The van der Waals surface area contributed by atoms with Crippen molar-refractivity contribution in [3.63, 3.8) is 0 Å². The summed E-state index contributed by atoms with van der Waals surface area (Å²) in [5, 5.41) is 1.20. The van der Waals surface area contributed by atoms with Gasteiger partial charge < -0.3 is 9.05 Å². The highest BCUT2D eigenvalue weighted by molar-refractivity contribution is 7.56. The smallest absolute Gasteiger partial charge is 0.265 e. The molecular weight excluding hydrogens is 303 g/mol. The molecule has 1 unspecified atom stereocenters. The standard InChI is InChI=1S/C20H25O2P/c1-2-3-4-5-6-11-16-21-23-20-15-10-8-13-18(20)17-12-7-9-14-19(17)22-23/h7-10,12-15H,2-6,11,16H2,1H3.